The van der Waals surface area contributed by atoms with Crippen molar-refractivity contribution in [3.05, 3.63) is 23.3 Å². The summed E-state index contributed by atoms with van der Waals surface area (Å²) in [5, 5.41) is 0. The number of Topliss-reactive ketones (excluding diaryl/α,β-unsaturated/α-hetero) is 1. The van der Waals surface area contributed by atoms with Gasteiger partial charge in [-0.05, 0) is 26.2 Å². The lowest BCUT2D eigenvalue weighted by Gasteiger charge is -2.22. The van der Waals surface area contributed by atoms with Gasteiger partial charge in [0.1, 0.15) is 0 Å². The quantitative estimate of drug-likeness (QED) is 0.441. The molecule has 0 unspecified atom stereocenters. The Morgan fingerprint density at radius 2 is 2.23 bits per heavy atom. The van der Waals surface area contributed by atoms with Gasteiger partial charge in [0, 0.05) is 17.6 Å². The zero-order chi connectivity index (χ0) is 10.0. The first-order valence-electron chi connectivity index (χ1n) is 4.41. The van der Waals surface area contributed by atoms with Gasteiger partial charge in [0.2, 0.25) is 0 Å². The maximum absolute atomic E-state index is 11.5. The van der Waals surface area contributed by atoms with Crippen LogP contribution in [0.25, 0.3) is 0 Å². The normalized spacial score (nSPS) is 22.8. The maximum Gasteiger partial charge on any atom is 0.160 e. The summed E-state index contributed by atoms with van der Waals surface area (Å²) in [7, 11) is 0. The van der Waals surface area contributed by atoms with Crippen LogP contribution in [-0.2, 0) is 4.79 Å². The molecule has 0 spiro atoms. The summed E-state index contributed by atoms with van der Waals surface area (Å²) in [4.78, 5) is 11.5. The summed E-state index contributed by atoms with van der Waals surface area (Å²) in [6.45, 7) is 7.63. The number of rotatable bonds is 1. The van der Waals surface area contributed by atoms with E-state index in [9.17, 15) is 4.79 Å². The molecule has 0 amide bonds. The van der Waals surface area contributed by atoms with Crippen LogP contribution in [0.2, 0.25) is 0 Å². The van der Waals surface area contributed by atoms with Gasteiger partial charge in [0.05, 0.1) is 0 Å². The first-order chi connectivity index (χ1) is 6.06. The van der Waals surface area contributed by atoms with E-state index >= 15 is 0 Å². The first kappa shape index (κ1) is 9.80. The standard InChI is InChI=1S/C12H14O/c1-5-10-6-11(8(2)3)7-12(13)9(10)4/h1,11H,2,6-7H2,3-4H3/t11-/m0/s1. The molecule has 1 heteroatoms. The van der Waals surface area contributed by atoms with Crippen LogP contribution in [-0.4, -0.2) is 5.78 Å². The lowest BCUT2D eigenvalue weighted by molar-refractivity contribution is -0.116. The molecule has 0 aromatic carbocycles. The van der Waals surface area contributed by atoms with E-state index < -0.39 is 0 Å². The maximum atomic E-state index is 11.5. The van der Waals surface area contributed by atoms with Gasteiger partial charge in [0.15, 0.2) is 5.78 Å². The fourth-order valence-electron chi connectivity index (χ4n) is 1.53. The van der Waals surface area contributed by atoms with Crippen LogP contribution in [0, 0.1) is 18.3 Å². The minimum Gasteiger partial charge on any atom is -0.295 e. The molecule has 0 aromatic heterocycles. The van der Waals surface area contributed by atoms with Crippen molar-refractivity contribution in [1.29, 1.82) is 0 Å². The Labute approximate surface area is 79.5 Å². The average Bonchev–Trinajstić information content (AvgIpc) is 2.09. The monoisotopic (exact) mass is 174 g/mol. The third kappa shape index (κ3) is 1.89. The van der Waals surface area contributed by atoms with E-state index in [0.29, 0.717) is 6.42 Å². The Kier molecular flexibility index (Phi) is 2.72. The molecule has 13 heavy (non-hydrogen) atoms. The van der Waals surface area contributed by atoms with Crippen molar-refractivity contribution in [3.63, 3.8) is 0 Å². The van der Waals surface area contributed by atoms with Crippen molar-refractivity contribution in [1.82, 2.24) is 0 Å². The highest BCUT2D eigenvalue weighted by atomic mass is 16.1. The molecule has 0 heterocycles. The van der Waals surface area contributed by atoms with Crippen molar-refractivity contribution in [2.75, 3.05) is 0 Å². The highest BCUT2D eigenvalue weighted by Crippen LogP contribution is 2.30. The molecule has 1 aliphatic carbocycles. The molecule has 68 valence electrons. The zero-order valence-electron chi connectivity index (χ0n) is 8.18. The van der Waals surface area contributed by atoms with Crippen molar-refractivity contribution in [3.8, 4) is 12.3 Å². The molecule has 0 radical (unpaired) electrons. The van der Waals surface area contributed by atoms with E-state index in [1.54, 1.807) is 0 Å². The fourth-order valence-corrected chi connectivity index (χ4v) is 1.53. The van der Waals surface area contributed by atoms with Gasteiger partial charge in [0.25, 0.3) is 0 Å². The number of terminal acetylenes is 1. The van der Waals surface area contributed by atoms with E-state index in [1.807, 2.05) is 13.8 Å². The zero-order valence-corrected chi connectivity index (χ0v) is 8.18. The molecule has 0 saturated heterocycles. The van der Waals surface area contributed by atoms with Gasteiger partial charge in [-0.1, -0.05) is 18.1 Å². The Balaban J connectivity index is 2.97. The molecule has 0 aromatic rings. The van der Waals surface area contributed by atoms with Crippen molar-refractivity contribution in [2.45, 2.75) is 26.7 Å². The second-order valence-corrected chi connectivity index (χ2v) is 3.62. The highest BCUT2D eigenvalue weighted by Gasteiger charge is 2.24. The summed E-state index contributed by atoms with van der Waals surface area (Å²) < 4.78 is 0. The van der Waals surface area contributed by atoms with E-state index in [1.165, 1.54) is 0 Å². The van der Waals surface area contributed by atoms with Crippen molar-refractivity contribution < 1.29 is 4.79 Å². The van der Waals surface area contributed by atoms with Crippen LogP contribution in [0.4, 0.5) is 0 Å². The third-order valence-corrected chi connectivity index (χ3v) is 2.62. The Morgan fingerprint density at radius 3 is 2.69 bits per heavy atom. The topological polar surface area (TPSA) is 17.1 Å². The van der Waals surface area contributed by atoms with Crippen LogP contribution in [0.15, 0.2) is 23.3 Å². The molecule has 1 atom stereocenters. The third-order valence-electron chi connectivity index (χ3n) is 2.62. The van der Waals surface area contributed by atoms with Gasteiger partial charge in [-0.25, -0.2) is 0 Å². The van der Waals surface area contributed by atoms with Crippen molar-refractivity contribution >= 4 is 5.78 Å². The van der Waals surface area contributed by atoms with Crippen LogP contribution >= 0.6 is 0 Å². The molecule has 0 fully saturated rings. The Bertz CT molecular complexity index is 326. The number of hydrogen-bond donors (Lipinski definition) is 0. The predicted molar refractivity (Wildman–Crippen MR) is 54.1 cm³/mol. The van der Waals surface area contributed by atoms with E-state index in [-0.39, 0.29) is 11.7 Å². The minimum atomic E-state index is 0.173. The highest BCUT2D eigenvalue weighted by molar-refractivity contribution is 5.97. The second kappa shape index (κ2) is 3.62. The molecule has 1 rings (SSSR count). The molecule has 1 nitrogen and oxygen atoms in total. The summed E-state index contributed by atoms with van der Waals surface area (Å²) in [5.74, 6) is 3.01. The second-order valence-electron chi connectivity index (χ2n) is 3.62. The molecule has 0 bridgehead atoms. The summed E-state index contributed by atoms with van der Waals surface area (Å²) >= 11 is 0. The Hall–Kier alpha value is -1.29. The SMILES string of the molecule is C#CC1=C(C)C(=O)C[C@@H](C(=C)C)C1. The summed E-state index contributed by atoms with van der Waals surface area (Å²) in [6, 6.07) is 0. The lowest BCUT2D eigenvalue weighted by atomic mass is 9.81. The number of ketones is 1. The van der Waals surface area contributed by atoms with Crippen LogP contribution in [0.3, 0.4) is 0 Å². The fraction of sp³-hybridized carbons (Fsp3) is 0.417. The summed E-state index contributed by atoms with van der Waals surface area (Å²) in [6.07, 6.45) is 6.71. The molecule has 0 saturated carbocycles. The Morgan fingerprint density at radius 1 is 1.62 bits per heavy atom. The van der Waals surface area contributed by atoms with Gasteiger partial charge in [-0.15, -0.1) is 6.42 Å². The molecule has 0 N–H and O–H groups in total. The number of hydrogen-bond acceptors (Lipinski definition) is 1. The van der Waals surface area contributed by atoms with E-state index in [4.69, 9.17) is 6.42 Å². The average molecular weight is 174 g/mol. The number of carbonyl (C=O) groups excluding carboxylic acids is 1. The molecule has 1 aliphatic rings. The van der Waals surface area contributed by atoms with Crippen LogP contribution in [0.5, 0.6) is 0 Å². The predicted octanol–water partition coefficient (Wildman–Crippen LogP) is 2.49. The van der Waals surface area contributed by atoms with Crippen LogP contribution in [0.1, 0.15) is 26.7 Å². The summed E-state index contributed by atoms with van der Waals surface area (Å²) in [5.41, 5.74) is 2.66. The van der Waals surface area contributed by atoms with Gasteiger partial charge in [-0.2, -0.15) is 0 Å². The van der Waals surface area contributed by atoms with Gasteiger partial charge in [-0.3, -0.25) is 4.79 Å². The van der Waals surface area contributed by atoms with E-state index in [2.05, 4.69) is 12.5 Å². The molecular weight excluding hydrogens is 160 g/mol. The molecule has 0 aliphatic heterocycles. The van der Waals surface area contributed by atoms with Crippen LogP contribution < -0.4 is 0 Å². The van der Waals surface area contributed by atoms with Crippen molar-refractivity contribution in [2.24, 2.45) is 5.92 Å². The minimum absolute atomic E-state index is 0.173. The van der Waals surface area contributed by atoms with E-state index in [0.717, 1.165) is 23.1 Å². The first-order valence-corrected chi connectivity index (χ1v) is 4.41. The largest absolute Gasteiger partial charge is 0.295 e. The molecular formula is C12H14O. The van der Waals surface area contributed by atoms with Gasteiger partial charge < -0.3 is 0 Å². The lowest BCUT2D eigenvalue weighted by Crippen LogP contribution is -2.18. The number of carbonyl (C=O) groups is 1. The number of allylic oxidation sites excluding steroid dienone is 3. The van der Waals surface area contributed by atoms with Gasteiger partial charge >= 0.3 is 0 Å². The smallest absolute Gasteiger partial charge is 0.160 e.